The molecule has 1 aromatic rings. The smallest absolute Gasteiger partial charge is 1.00 e. The second-order valence-electron chi connectivity index (χ2n) is 10.5. The Kier molecular flexibility index (Phi) is 27.3. The van der Waals surface area contributed by atoms with Crippen molar-refractivity contribution in [2.24, 2.45) is 0 Å². The third-order valence-electron chi connectivity index (χ3n) is 6.25. The molecule has 1 unspecified atom stereocenters. The van der Waals surface area contributed by atoms with Gasteiger partial charge < -0.3 is 46.3 Å². The number of hydrogen-bond donors (Lipinski definition) is 0. The zero-order chi connectivity index (χ0) is 29.0. The minimum absolute atomic E-state index is 0. The maximum Gasteiger partial charge on any atom is 1.00 e. The van der Waals surface area contributed by atoms with Crippen molar-refractivity contribution in [2.75, 3.05) is 79.1 Å². The van der Waals surface area contributed by atoms with Crippen LogP contribution >= 0.6 is 0 Å². The summed E-state index contributed by atoms with van der Waals surface area (Å²) in [6, 6.07) is 8.40. The summed E-state index contributed by atoms with van der Waals surface area (Å²) in [5, 5.41) is 22.8. The summed E-state index contributed by atoms with van der Waals surface area (Å²) in [6.45, 7) is 7.11. The van der Waals surface area contributed by atoms with Crippen molar-refractivity contribution >= 4 is 23.9 Å². The van der Waals surface area contributed by atoms with Gasteiger partial charge >= 0.3 is 101 Å². The molecule has 0 bridgehead atoms. The molecule has 2 rings (SSSR count). The third kappa shape index (κ3) is 19.6. The van der Waals surface area contributed by atoms with Crippen LogP contribution in [0.4, 0.5) is 0 Å². The van der Waals surface area contributed by atoms with Gasteiger partial charge in [0.05, 0.1) is 25.6 Å². The second kappa shape index (κ2) is 24.6. The molecule has 1 aromatic carbocycles. The van der Waals surface area contributed by atoms with Gasteiger partial charge in [-0.15, -0.1) is 0 Å². The molecule has 0 N–H and O–H groups in total. The van der Waals surface area contributed by atoms with Crippen molar-refractivity contribution in [1.29, 1.82) is 0 Å². The summed E-state index contributed by atoms with van der Waals surface area (Å²) in [5.74, 6) is -3.38. The molecule has 12 nitrogen and oxygen atoms in total. The molecular weight excluding hydrogens is 657 g/mol. The number of esters is 2. The number of carbonyl (C=O) groups is 4. The molecule has 0 spiro atoms. The zero-order valence-electron chi connectivity index (χ0n) is 26.7. The molecule has 0 amide bonds. The molecule has 1 aliphatic heterocycles. The molecule has 1 saturated heterocycles. The number of benzene rings is 1. The maximum absolute atomic E-state index is 13.0. The van der Waals surface area contributed by atoms with Crippen LogP contribution in [0.1, 0.15) is 32.4 Å². The topological polar surface area (TPSA) is 146 Å². The number of hydrogen-bond acceptors (Lipinski definition) is 12. The number of halogens is 1. The quantitative estimate of drug-likeness (QED) is 0.179. The molecule has 16 heteroatoms. The summed E-state index contributed by atoms with van der Waals surface area (Å²) >= 11 is 0. The number of carboxylic acid groups (broad SMARTS) is 2. The SMILES string of the molecule is COC(=O)C(c1ccccc1)N1CCN(CC(=O)[O-])CCN(CC(=O)[O-])CCN(CC(=O)OC(C)(C)C)CC1.[Br-].[Na+].[Na+].[Na+]. The molecule has 1 atom stereocenters. The summed E-state index contributed by atoms with van der Waals surface area (Å²) in [5.41, 5.74) is 0.0595. The number of carbonyl (C=O) groups excluding carboxylic acids is 4. The molecule has 0 aromatic heterocycles. The van der Waals surface area contributed by atoms with E-state index in [1.807, 2.05) is 40.1 Å². The third-order valence-corrected chi connectivity index (χ3v) is 6.25. The van der Waals surface area contributed by atoms with E-state index < -0.39 is 35.5 Å². The summed E-state index contributed by atoms with van der Waals surface area (Å²) in [4.78, 5) is 55.5. The molecule has 0 saturated carbocycles. The Morgan fingerprint density at radius 3 is 1.51 bits per heavy atom. The first kappa shape index (κ1) is 47.8. The van der Waals surface area contributed by atoms with Crippen LogP contribution in [-0.4, -0.2) is 128 Å². The van der Waals surface area contributed by atoms with E-state index in [9.17, 15) is 29.4 Å². The van der Waals surface area contributed by atoms with Crippen molar-refractivity contribution in [1.82, 2.24) is 19.6 Å². The van der Waals surface area contributed by atoms with Crippen LogP contribution in [0.5, 0.6) is 0 Å². The van der Waals surface area contributed by atoms with Crippen LogP contribution in [0, 0.1) is 0 Å². The molecular formula is C27H40BrN4Na3O8. The fraction of sp³-hybridized carbons (Fsp3) is 0.630. The first-order valence-electron chi connectivity index (χ1n) is 13.0. The Morgan fingerprint density at radius 2 is 1.14 bits per heavy atom. The van der Waals surface area contributed by atoms with Crippen LogP contribution in [0.3, 0.4) is 0 Å². The number of aliphatic carboxylic acids is 2. The van der Waals surface area contributed by atoms with E-state index in [0.29, 0.717) is 32.7 Å². The van der Waals surface area contributed by atoms with E-state index in [4.69, 9.17) is 9.47 Å². The first-order valence-corrected chi connectivity index (χ1v) is 13.0. The fourth-order valence-electron chi connectivity index (χ4n) is 4.45. The molecule has 0 aliphatic carbocycles. The van der Waals surface area contributed by atoms with E-state index in [0.717, 1.165) is 5.56 Å². The van der Waals surface area contributed by atoms with Crippen molar-refractivity contribution in [3.63, 3.8) is 0 Å². The molecule has 1 aliphatic rings. The number of methoxy groups -OCH3 is 1. The van der Waals surface area contributed by atoms with Gasteiger partial charge in [-0.05, 0) is 26.3 Å². The van der Waals surface area contributed by atoms with E-state index in [1.165, 1.54) is 7.11 Å². The molecule has 226 valence electrons. The Labute approximate surface area is 331 Å². The fourth-order valence-corrected chi connectivity index (χ4v) is 4.45. The first-order chi connectivity index (χ1) is 18.4. The zero-order valence-corrected chi connectivity index (χ0v) is 34.3. The maximum atomic E-state index is 13.0. The van der Waals surface area contributed by atoms with Crippen molar-refractivity contribution in [3.8, 4) is 0 Å². The molecule has 1 fully saturated rings. The Morgan fingerprint density at radius 1 is 0.744 bits per heavy atom. The summed E-state index contributed by atoms with van der Waals surface area (Å²) < 4.78 is 10.6. The predicted octanol–water partition coefficient (Wildman–Crippen LogP) is -14.0. The average molecular weight is 698 g/mol. The second-order valence-corrected chi connectivity index (χ2v) is 10.5. The minimum atomic E-state index is -1.25. The van der Waals surface area contributed by atoms with Gasteiger partial charge in [0, 0.05) is 65.4 Å². The largest absolute Gasteiger partial charge is 1.00 e. The summed E-state index contributed by atoms with van der Waals surface area (Å²) in [6.07, 6.45) is 0. The summed E-state index contributed by atoms with van der Waals surface area (Å²) in [7, 11) is 1.32. The predicted molar refractivity (Wildman–Crippen MR) is 138 cm³/mol. The van der Waals surface area contributed by atoms with E-state index in [-0.39, 0.29) is 145 Å². The molecule has 1 heterocycles. The van der Waals surface area contributed by atoms with Crippen molar-refractivity contribution < 1.29 is 145 Å². The van der Waals surface area contributed by atoms with Crippen LogP contribution in [0.2, 0.25) is 0 Å². The van der Waals surface area contributed by atoms with Gasteiger partial charge in [-0.3, -0.25) is 24.4 Å². The monoisotopic (exact) mass is 696 g/mol. The van der Waals surface area contributed by atoms with Gasteiger partial charge in [-0.2, -0.15) is 0 Å². The Hall–Kier alpha value is 0.420. The Balaban J connectivity index is -0.00000400. The molecule has 43 heavy (non-hydrogen) atoms. The average Bonchev–Trinajstić information content (AvgIpc) is 2.84. The van der Waals surface area contributed by atoms with Gasteiger partial charge in [0.2, 0.25) is 0 Å². The van der Waals surface area contributed by atoms with Gasteiger partial charge in [0.15, 0.2) is 0 Å². The van der Waals surface area contributed by atoms with Crippen LogP contribution in [0.25, 0.3) is 0 Å². The number of nitrogens with zero attached hydrogens (tertiary/aromatic N) is 4. The minimum Gasteiger partial charge on any atom is -1.00 e. The Bertz CT molecular complexity index is 975. The van der Waals surface area contributed by atoms with Gasteiger partial charge in [-0.1, -0.05) is 30.3 Å². The van der Waals surface area contributed by atoms with Crippen molar-refractivity contribution in [3.05, 3.63) is 35.9 Å². The number of ether oxygens (including phenoxy) is 2. The van der Waals surface area contributed by atoms with Gasteiger partial charge in [-0.25, -0.2) is 4.79 Å². The standard InChI is InChI=1S/C27H42N4O8.BrH.3Na/c1-27(2,3)39-24(36)20-30-13-12-28(18-22(32)33)10-11-29(19-23(34)35)14-16-31(17-15-30)25(26(37)38-4)21-8-6-5-7-9-21;;;;/h5-9,25H,10-20H2,1-4H3,(H,32,33)(H,34,35);1H;;;/q;;3*+1/p-3. The van der Waals surface area contributed by atoms with E-state index >= 15 is 0 Å². The van der Waals surface area contributed by atoms with Crippen LogP contribution < -0.4 is 116 Å². The number of carboxylic acids is 2. The number of rotatable bonds is 9. The van der Waals surface area contributed by atoms with E-state index in [1.54, 1.807) is 30.6 Å². The van der Waals surface area contributed by atoms with Crippen LogP contribution in [-0.2, 0) is 28.7 Å². The normalized spacial score (nSPS) is 16.7. The van der Waals surface area contributed by atoms with Crippen LogP contribution in [0.15, 0.2) is 30.3 Å². The van der Waals surface area contributed by atoms with Crippen molar-refractivity contribution in [2.45, 2.75) is 32.4 Å². The molecule has 0 radical (unpaired) electrons. The van der Waals surface area contributed by atoms with Gasteiger partial charge in [0.25, 0.3) is 0 Å². The van der Waals surface area contributed by atoms with Gasteiger partial charge in [0.1, 0.15) is 11.6 Å². The van der Waals surface area contributed by atoms with E-state index in [2.05, 4.69) is 0 Å².